The van der Waals surface area contributed by atoms with Crippen molar-refractivity contribution in [3.8, 4) is 11.3 Å². The van der Waals surface area contributed by atoms with E-state index in [2.05, 4.69) is 75.5 Å². The molecule has 0 aliphatic heterocycles. The lowest BCUT2D eigenvalue weighted by Gasteiger charge is -2.31. The van der Waals surface area contributed by atoms with Crippen LogP contribution in [0.3, 0.4) is 0 Å². The molecule has 0 bridgehead atoms. The number of rotatable bonds is 3. The quantitative estimate of drug-likeness (QED) is 0.597. The topological polar surface area (TPSA) is 13.1 Å². The third kappa shape index (κ3) is 2.21. The second-order valence-corrected chi connectivity index (χ2v) is 12.3. The lowest BCUT2D eigenvalue weighted by molar-refractivity contribution is 0.580. The van der Waals surface area contributed by atoms with E-state index in [0.717, 1.165) is 12.2 Å². The zero-order valence-electron chi connectivity index (χ0n) is 14.9. The first-order valence-corrected chi connectivity index (χ1v) is 11.8. The van der Waals surface area contributed by atoms with Crippen LogP contribution in [0, 0.1) is 13.8 Å². The summed E-state index contributed by atoms with van der Waals surface area (Å²) in [5.74, 6) is 1.02. The third-order valence-corrected chi connectivity index (χ3v) is 9.83. The summed E-state index contributed by atoms with van der Waals surface area (Å²) < 4.78 is 5.83. The van der Waals surface area contributed by atoms with E-state index in [0.29, 0.717) is 5.54 Å². The molecule has 1 nitrogen and oxygen atoms in total. The lowest BCUT2D eigenvalue weighted by Crippen LogP contribution is -2.36. The minimum Gasteiger partial charge on any atom is -0.464 e. The number of benzene rings is 1. The molecule has 4 rings (SSSR count). The first kappa shape index (κ1) is 15.5. The fraction of sp³-hybridized carbons (Fsp3) is 0.273. The summed E-state index contributed by atoms with van der Waals surface area (Å²) in [4.78, 5) is 0. The number of hydrogen-bond donors (Lipinski definition) is 0. The first-order valence-electron chi connectivity index (χ1n) is 8.72. The standard InChI is InChI=1S/C22H24OSi/c1-15-9-10-18-19(21(15)22-16(2)13-14-23-22)11-12-20(18)24(3,4)17-7-5-6-8-17/h5-7,9-14,20H,8H2,1-4H3. The molecule has 2 aliphatic rings. The predicted octanol–water partition coefficient (Wildman–Crippen LogP) is 6.35. The van der Waals surface area contributed by atoms with E-state index in [-0.39, 0.29) is 0 Å². The van der Waals surface area contributed by atoms with Crippen molar-refractivity contribution in [3.05, 3.63) is 76.2 Å². The Balaban J connectivity index is 1.84. The van der Waals surface area contributed by atoms with Gasteiger partial charge in [0.15, 0.2) is 0 Å². The SMILES string of the molecule is Cc1ccoc1-c1c(C)ccc2c1C=CC2[Si](C)(C)C1=CC=CC1. The van der Waals surface area contributed by atoms with Gasteiger partial charge >= 0.3 is 0 Å². The summed E-state index contributed by atoms with van der Waals surface area (Å²) >= 11 is 0. The fourth-order valence-electron chi connectivity index (χ4n) is 4.18. The van der Waals surface area contributed by atoms with Crippen LogP contribution in [0.2, 0.25) is 13.1 Å². The molecule has 0 amide bonds. The number of fused-ring (bicyclic) bond motifs is 1. The molecule has 0 N–H and O–H groups in total. The zero-order valence-corrected chi connectivity index (χ0v) is 15.9. The van der Waals surface area contributed by atoms with Gasteiger partial charge < -0.3 is 4.42 Å². The third-order valence-electron chi connectivity index (χ3n) is 5.74. The van der Waals surface area contributed by atoms with Crippen molar-refractivity contribution >= 4 is 14.1 Å². The molecule has 1 unspecified atom stereocenters. The molecule has 0 fully saturated rings. The summed E-state index contributed by atoms with van der Waals surface area (Å²) in [5, 5.41) is 1.65. The van der Waals surface area contributed by atoms with Crippen LogP contribution in [-0.2, 0) is 0 Å². The monoisotopic (exact) mass is 332 g/mol. The van der Waals surface area contributed by atoms with Crippen molar-refractivity contribution in [2.45, 2.75) is 38.9 Å². The van der Waals surface area contributed by atoms with Crippen molar-refractivity contribution in [1.29, 1.82) is 0 Å². The van der Waals surface area contributed by atoms with Crippen LogP contribution in [0.5, 0.6) is 0 Å². The van der Waals surface area contributed by atoms with Gasteiger partial charge in [0.1, 0.15) is 5.76 Å². The molecule has 1 atom stereocenters. The molecule has 1 aromatic carbocycles. The molecular weight excluding hydrogens is 308 g/mol. The highest BCUT2D eigenvalue weighted by Gasteiger charge is 2.38. The maximum absolute atomic E-state index is 5.83. The maximum Gasteiger partial charge on any atom is 0.137 e. The van der Waals surface area contributed by atoms with Crippen molar-refractivity contribution in [2.75, 3.05) is 0 Å². The first-order chi connectivity index (χ1) is 11.5. The summed E-state index contributed by atoms with van der Waals surface area (Å²) in [7, 11) is -1.55. The Bertz CT molecular complexity index is 893. The van der Waals surface area contributed by atoms with Crippen molar-refractivity contribution in [2.24, 2.45) is 0 Å². The van der Waals surface area contributed by atoms with E-state index in [1.54, 1.807) is 11.5 Å². The Morgan fingerprint density at radius 2 is 1.92 bits per heavy atom. The molecule has 0 spiro atoms. The summed E-state index contributed by atoms with van der Waals surface area (Å²) in [5.41, 5.74) is 7.17. The molecular formula is C22H24OSi. The zero-order chi connectivity index (χ0) is 16.9. The summed E-state index contributed by atoms with van der Waals surface area (Å²) in [6.45, 7) is 9.33. The van der Waals surface area contributed by atoms with E-state index < -0.39 is 8.07 Å². The van der Waals surface area contributed by atoms with Gasteiger partial charge in [-0.2, -0.15) is 0 Å². The van der Waals surface area contributed by atoms with Gasteiger partial charge in [-0.05, 0) is 48.6 Å². The normalized spacial score (nSPS) is 19.0. The average Bonchev–Trinajstić information content (AvgIpc) is 3.27. The molecule has 0 saturated carbocycles. The highest BCUT2D eigenvalue weighted by atomic mass is 28.3. The van der Waals surface area contributed by atoms with Gasteiger partial charge in [0.2, 0.25) is 0 Å². The predicted molar refractivity (Wildman–Crippen MR) is 105 cm³/mol. The van der Waals surface area contributed by atoms with E-state index in [1.165, 1.54) is 27.8 Å². The van der Waals surface area contributed by atoms with Crippen LogP contribution in [0.4, 0.5) is 0 Å². The molecule has 24 heavy (non-hydrogen) atoms. The van der Waals surface area contributed by atoms with E-state index in [4.69, 9.17) is 4.42 Å². The van der Waals surface area contributed by atoms with Gasteiger partial charge in [0, 0.05) is 11.1 Å². The highest BCUT2D eigenvalue weighted by Crippen LogP contribution is 2.46. The maximum atomic E-state index is 5.83. The van der Waals surface area contributed by atoms with Crippen LogP contribution in [0.1, 0.15) is 34.2 Å². The molecule has 1 heterocycles. The Labute approximate surface area is 145 Å². The van der Waals surface area contributed by atoms with Crippen LogP contribution in [0.15, 0.2) is 58.4 Å². The van der Waals surface area contributed by atoms with Crippen molar-refractivity contribution < 1.29 is 4.42 Å². The Morgan fingerprint density at radius 1 is 1.08 bits per heavy atom. The largest absolute Gasteiger partial charge is 0.464 e. The minimum absolute atomic E-state index is 0.549. The van der Waals surface area contributed by atoms with Crippen LogP contribution < -0.4 is 0 Å². The smallest absolute Gasteiger partial charge is 0.137 e. The van der Waals surface area contributed by atoms with Gasteiger partial charge in [0.25, 0.3) is 0 Å². The number of furan rings is 1. The Hall–Kier alpha value is -2.06. The van der Waals surface area contributed by atoms with Crippen LogP contribution >= 0.6 is 0 Å². The van der Waals surface area contributed by atoms with Gasteiger partial charge in [-0.3, -0.25) is 0 Å². The van der Waals surface area contributed by atoms with Crippen LogP contribution in [0.25, 0.3) is 17.4 Å². The van der Waals surface area contributed by atoms with Gasteiger partial charge in [-0.15, -0.1) is 0 Å². The molecule has 2 aliphatic carbocycles. The number of allylic oxidation sites excluding steroid dienone is 5. The van der Waals surface area contributed by atoms with E-state index in [9.17, 15) is 0 Å². The molecule has 0 saturated heterocycles. The molecule has 0 radical (unpaired) electrons. The highest BCUT2D eigenvalue weighted by molar-refractivity contribution is 6.86. The second-order valence-electron chi connectivity index (χ2n) is 7.58. The van der Waals surface area contributed by atoms with Gasteiger partial charge in [-0.1, -0.05) is 60.8 Å². The lowest BCUT2D eigenvalue weighted by atomic mass is 9.95. The fourth-order valence-corrected chi connectivity index (χ4v) is 7.35. The van der Waals surface area contributed by atoms with E-state index >= 15 is 0 Å². The summed E-state index contributed by atoms with van der Waals surface area (Å²) in [6, 6.07) is 6.66. The summed E-state index contributed by atoms with van der Waals surface area (Å²) in [6.07, 6.45) is 14.6. The molecule has 1 aromatic heterocycles. The Kier molecular flexibility index (Phi) is 3.54. The minimum atomic E-state index is -1.55. The molecule has 122 valence electrons. The van der Waals surface area contributed by atoms with Crippen molar-refractivity contribution in [1.82, 2.24) is 0 Å². The number of hydrogen-bond acceptors (Lipinski definition) is 1. The van der Waals surface area contributed by atoms with Gasteiger partial charge in [0.05, 0.1) is 14.3 Å². The molecule has 2 aromatic rings. The van der Waals surface area contributed by atoms with E-state index in [1.807, 2.05) is 0 Å². The van der Waals surface area contributed by atoms with Crippen LogP contribution in [-0.4, -0.2) is 8.07 Å². The Morgan fingerprint density at radius 3 is 2.58 bits per heavy atom. The second kappa shape index (κ2) is 5.49. The number of aryl methyl sites for hydroxylation is 2. The van der Waals surface area contributed by atoms with Crippen molar-refractivity contribution in [3.63, 3.8) is 0 Å². The average molecular weight is 333 g/mol. The molecule has 2 heteroatoms. The van der Waals surface area contributed by atoms with Gasteiger partial charge in [-0.25, -0.2) is 0 Å².